The third kappa shape index (κ3) is 2.94. The van der Waals surface area contributed by atoms with Gasteiger partial charge >= 0.3 is 0 Å². The smallest absolute Gasteiger partial charge is 0.0309 e. The molecule has 0 radical (unpaired) electrons. The molecule has 0 aliphatic heterocycles. The van der Waals surface area contributed by atoms with Crippen LogP contribution in [0.1, 0.15) is 51.0 Å². The SMILES string of the molecule is CCCCCCCCc1cc2ccc1s2. The molecule has 2 aromatic heterocycles. The quantitative estimate of drug-likeness (QED) is 0.560. The Kier molecular flexibility index (Phi) is 4.01. The summed E-state index contributed by atoms with van der Waals surface area (Å²) >= 11 is 1.94. The number of hydrogen-bond acceptors (Lipinski definition) is 1. The molecule has 2 heterocycles. The van der Waals surface area contributed by atoms with Gasteiger partial charge in [0.25, 0.3) is 0 Å². The van der Waals surface area contributed by atoms with E-state index in [9.17, 15) is 0 Å². The van der Waals surface area contributed by atoms with Crippen molar-refractivity contribution in [3.05, 3.63) is 23.8 Å². The Morgan fingerprint density at radius 2 is 1.80 bits per heavy atom. The lowest BCUT2D eigenvalue weighted by atomic mass is 10.1. The van der Waals surface area contributed by atoms with Crippen LogP contribution in [0.5, 0.6) is 0 Å². The number of thiophene rings is 2. The van der Waals surface area contributed by atoms with E-state index >= 15 is 0 Å². The fourth-order valence-electron chi connectivity index (χ4n) is 2.14. The molecule has 2 aromatic rings. The summed E-state index contributed by atoms with van der Waals surface area (Å²) < 4.78 is 2.96. The van der Waals surface area contributed by atoms with E-state index in [0.717, 1.165) is 0 Å². The van der Waals surface area contributed by atoms with Crippen molar-refractivity contribution in [3.63, 3.8) is 0 Å². The largest absolute Gasteiger partial charge is 0.136 e. The van der Waals surface area contributed by atoms with Gasteiger partial charge in [0.2, 0.25) is 0 Å². The van der Waals surface area contributed by atoms with Crippen LogP contribution in [0, 0.1) is 0 Å². The first-order chi connectivity index (χ1) is 7.40. The molecule has 0 spiro atoms. The summed E-state index contributed by atoms with van der Waals surface area (Å²) in [6.07, 6.45) is 9.70. The third-order valence-electron chi connectivity index (χ3n) is 3.06. The highest BCUT2D eigenvalue weighted by Gasteiger charge is 2.03. The minimum absolute atomic E-state index is 1.29. The van der Waals surface area contributed by atoms with Crippen LogP contribution in [0.2, 0.25) is 0 Å². The van der Waals surface area contributed by atoms with Crippen LogP contribution in [-0.4, -0.2) is 0 Å². The van der Waals surface area contributed by atoms with Crippen molar-refractivity contribution in [1.82, 2.24) is 0 Å². The summed E-state index contributed by atoms with van der Waals surface area (Å²) in [5.74, 6) is 0. The maximum Gasteiger partial charge on any atom is 0.0309 e. The normalized spacial score (nSPS) is 11.5. The highest BCUT2D eigenvalue weighted by Crippen LogP contribution is 2.29. The van der Waals surface area contributed by atoms with E-state index in [1.165, 1.54) is 54.3 Å². The number of hydrogen-bond donors (Lipinski definition) is 0. The van der Waals surface area contributed by atoms with Gasteiger partial charge in [0.15, 0.2) is 0 Å². The number of rotatable bonds is 7. The first-order valence-corrected chi connectivity index (χ1v) is 7.02. The van der Waals surface area contributed by atoms with Crippen LogP contribution in [0.4, 0.5) is 0 Å². The van der Waals surface area contributed by atoms with Crippen LogP contribution in [0.3, 0.4) is 0 Å². The van der Waals surface area contributed by atoms with E-state index in [0.29, 0.717) is 0 Å². The zero-order chi connectivity index (χ0) is 10.5. The Labute approximate surface area is 96.7 Å². The summed E-state index contributed by atoms with van der Waals surface area (Å²) in [5, 5.41) is 0. The Balaban J connectivity index is 1.64. The lowest BCUT2D eigenvalue weighted by molar-refractivity contribution is 0.608. The summed E-state index contributed by atoms with van der Waals surface area (Å²) in [4.78, 5) is 0. The highest BCUT2D eigenvalue weighted by molar-refractivity contribution is 7.24. The summed E-state index contributed by atoms with van der Waals surface area (Å²) in [7, 11) is 0. The molecule has 0 aromatic carbocycles. The monoisotopic (exact) mass is 220 g/mol. The molecule has 0 saturated heterocycles. The minimum atomic E-state index is 1.29. The number of aryl methyl sites for hydroxylation is 1. The summed E-state index contributed by atoms with van der Waals surface area (Å²) in [6, 6.07) is 6.86. The standard InChI is InChI=1S/C14H20S/c1-2-3-4-5-6-7-8-12-11-13-9-10-14(12)15-13/h9-11H,2-8H2,1H3. The number of unbranched alkanes of at least 4 members (excludes halogenated alkanes) is 5. The average molecular weight is 220 g/mol. The Hall–Kier alpha value is -0.560. The zero-order valence-electron chi connectivity index (χ0n) is 9.59. The maximum absolute atomic E-state index is 2.37. The average Bonchev–Trinajstić information content (AvgIpc) is 2.85. The third-order valence-corrected chi connectivity index (χ3v) is 4.17. The van der Waals surface area contributed by atoms with E-state index < -0.39 is 0 Å². The van der Waals surface area contributed by atoms with Crippen LogP contribution in [-0.2, 0) is 6.42 Å². The second kappa shape index (κ2) is 5.50. The lowest BCUT2D eigenvalue weighted by Gasteiger charge is -2.00. The van der Waals surface area contributed by atoms with Gasteiger partial charge in [-0.05, 0) is 36.6 Å². The number of benzene rings is 1. The molecule has 15 heavy (non-hydrogen) atoms. The second-order valence-electron chi connectivity index (χ2n) is 4.39. The molecule has 0 N–H and O–H groups in total. The molecule has 0 atom stereocenters. The van der Waals surface area contributed by atoms with Gasteiger partial charge in [-0.3, -0.25) is 0 Å². The van der Waals surface area contributed by atoms with Crippen molar-refractivity contribution in [1.29, 1.82) is 0 Å². The van der Waals surface area contributed by atoms with Crippen molar-refractivity contribution >= 4 is 20.7 Å². The van der Waals surface area contributed by atoms with Gasteiger partial charge in [-0.1, -0.05) is 39.0 Å². The van der Waals surface area contributed by atoms with Gasteiger partial charge < -0.3 is 0 Å². The van der Waals surface area contributed by atoms with Crippen molar-refractivity contribution in [2.24, 2.45) is 0 Å². The van der Waals surface area contributed by atoms with Crippen molar-refractivity contribution in [3.8, 4) is 0 Å². The van der Waals surface area contributed by atoms with Crippen molar-refractivity contribution in [2.75, 3.05) is 0 Å². The summed E-state index contributed by atoms with van der Waals surface area (Å²) in [5.41, 5.74) is 1.59. The first-order valence-electron chi connectivity index (χ1n) is 6.21. The molecule has 0 aliphatic rings. The van der Waals surface area contributed by atoms with Gasteiger partial charge in [0.1, 0.15) is 0 Å². The molecule has 0 unspecified atom stereocenters. The molecule has 0 saturated carbocycles. The second-order valence-corrected chi connectivity index (χ2v) is 5.50. The Morgan fingerprint density at radius 1 is 1.00 bits per heavy atom. The maximum atomic E-state index is 2.37. The van der Waals surface area contributed by atoms with Crippen LogP contribution in [0.15, 0.2) is 18.2 Å². The fraction of sp³-hybridized carbons (Fsp3) is 0.571. The van der Waals surface area contributed by atoms with Gasteiger partial charge in [-0.2, -0.15) is 0 Å². The van der Waals surface area contributed by atoms with Crippen LogP contribution >= 0.6 is 11.3 Å². The van der Waals surface area contributed by atoms with E-state index in [-0.39, 0.29) is 0 Å². The van der Waals surface area contributed by atoms with Gasteiger partial charge in [-0.15, -0.1) is 11.3 Å². The van der Waals surface area contributed by atoms with E-state index in [1.807, 2.05) is 11.3 Å². The van der Waals surface area contributed by atoms with Crippen LogP contribution in [0.25, 0.3) is 9.40 Å². The molecular formula is C14H20S. The molecule has 0 fully saturated rings. The molecule has 82 valence electrons. The van der Waals surface area contributed by atoms with Crippen molar-refractivity contribution in [2.45, 2.75) is 51.9 Å². The molecule has 0 nitrogen and oxygen atoms in total. The predicted molar refractivity (Wildman–Crippen MR) is 70.1 cm³/mol. The predicted octanol–water partition coefficient (Wildman–Crippen LogP) is 5.24. The molecule has 0 aliphatic carbocycles. The zero-order valence-corrected chi connectivity index (χ0v) is 10.4. The topological polar surface area (TPSA) is 0 Å². The van der Waals surface area contributed by atoms with E-state index in [4.69, 9.17) is 0 Å². The molecule has 0 amide bonds. The van der Waals surface area contributed by atoms with Crippen molar-refractivity contribution < 1.29 is 0 Å². The molecule has 2 bridgehead atoms. The lowest BCUT2D eigenvalue weighted by Crippen LogP contribution is -1.84. The number of fused-ring (bicyclic) bond motifs is 2. The Morgan fingerprint density at radius 3 is 2.47 bits per heavy atom. The fourth-order valence-corrected chi connectivity index (χ4v) is 3.16. The van der Waals surface area contributed by atoms with Gasteiger partial charge in [0, 0.05) is 9.40 Å². The van der Waals surface area contributed by atoms with Gasteiger partial charge in [0.05, 0.1) is 0 Å². The highest BCUT2D eigenvalue weighted by atomic mass is 32.1. The first kappa shape index (κ1) is 10.9. The Bertz CT molecular complexity index is 374. The minimum Gasteiger partial charge on any atom is -0.136 e. The summed E-state index contributed by atoms with van der Waals surface area (Å²) in [6.45, 7) is 2.28. The molecular weight excluding hydrogens is 200 g/mol. The van der Waals surface area contributed by atoms with E-state index in [2.05, 4.69) is 25.1 Å². The van der Waals surface area contributed by atoms with E-state index in [1.54, 1.807) is 5.56 Å². The molecule has 1 heteroatoms. The van der Waals surface area contributed by atoms with Crippen LogP contribution < -0.4 is 0 Å². The molecule has 2 rings (SSSR count). The van der Waals surface area contributed by atoms with Gasteiger partial charge in [-0.25, -0.2) is 0 Å².